The summed E-state index contributed by atoms with van der Waals surface area (Å²) in [6.07, 6.45) is 0. The molecule has 0 saturated heterocycles. The van der Waals surface area contributed by atoms with Crippen LogP contribution in [0.5, 0.6) is 0 Å². The van der Waals surface area contributed by atoms with Crippen molar-refractivity contribution in [2.45, 2.75) is 11.8 Å². The van der Waals surface area contributed by atoms with E-state index < -0.39 is 9.05 Å². The second-order valence-corrected chi connectivity index (χ2v) is 7.66. The number of hydrogen-bond acceptors (Lipinski definition) is 4. The fourth-order valence-corrected chi connectivity index (χ4v) is 2.95. The van der Waals surface area contributed by atoms with Crippen molar-refractivity contribution < 1.29 is 17.9 Å². The molecule has 0 aliphatic heterocycles. The SMILES string of the molecule is COCCN(C)C(=O)c1cc(S(=O)(=O)Cl)cc(Br)c1C. The Balaban J connectivity index is 3.24. The van der Waals surface area contributed by atoms with Crippen LogP contribution in [0.1, 0.15) is 15.9 Å². The first-order valence-corrected chi connectivity index (χ1v) is 8.78. The minimum absolute atomic E-state index is 0.111. The van der Waals surface area contributed by atoms with Crippen molar-refractivity contribution in [1.29, 1.82) is 0 Å². The van der Waals surface area contributed by atoms with Gasteiger partial charge in [-0.1, -0.05) is 15.9 Å². The molecule has 0 unspecified atom stereocenters. The first-order chi connectivity index (χ1) is 9.18. The molecule has 1 rings (SSSR count). The summed E-state index contributed by atoms with van der Waals surface area (Å²) < 4.78 is 28.3. The van der Waals surface area contributed by atoms with Crippen molar-refractivity contribution in [3.8, 4) is 0 Å². The maximum absolute atomic E-state index is 12.3. The average Bonchev–Trinajstić information content (AvgIpc) is 2.36. The second-order valence-electron chi connectivity index (χ2n) is 4.24. The van der Waals surface area contributed by atoms with Crippen molar-refractivity contribution in [2.75, 3.05) is 27.3 Å². The van der Waals surface area contributed by atoms with Gasteiger partial charge in [0.05, 0.1) is 11.5 Å². The molecule has 5 nitrogen and oxygen atoms in total. The molecule has 0 aromatic heterocycles. The molecule has 0 heterocycles. The number of carbonyl (C=O) groups is 1. The minimum atomic E-state index is -3.89. The molecule has 20 heavy (non-hydrogen) atoms. The maximum atomic E-state index is 12.3. The summed E-state index contributed by atoms with van der Waals surface area (Å²) in [5.41, 5.74) is 0.945. The van der Waals surface area contributed by atoms with Crippen LogP contribution >= 0.6 is 26.6 Å². The van der Waals surface area contributed by atoms with Crippen molar-refractivity contribution in [1.82, 2.24) is 4.90 Å². The molecular formula is C12H15BrClNO4S. The van der Waals surface area contributed by atoms with Gasteiger partial charge in [0.2, 0.25) is 0 Å². The summed E-state index contributed by atoms with van der Waals surface area (Å²) in [4.78, 5) is 13.7. The van der Waals surface area contributed by atoms with E-state index in [0.29, 0.717) is 23.2 Å². The monoisotopic (exact) mass is 383 g/mol. The average molecular weight is 385 g/mol. The van der Waals surface area contributed by atoms with Gasteiger partial charge in [0.1, 0.15) is 0 Å². The molecule has 112 valence electrons. The smallest absolute Gasteiger partial charge is 0.261 e. The van der Waals surface area contributed by atoms with E-state index >= 15 is 0 Å². The lowest BCUT2D eigenvalue weighted by Crippen LogP contribution is -2.30. The van der Waals surface area contributed by atoms with Crippen LogP contribution in [-0.4, -0.2) is 46.5 Å². The van der Waals surface area contributed by atoms with Crippen molar-refractivity contribution in [2.24, 2.45) is 0 Å². The molecule has 0 saturated carbocycles. The summed E-state index contributed by atoms with van der Waals surface area (Å²) in [6.45, 7) is 2.53. The summed E-state index contributed by atoms with van der Waals surface area (Å²) in [5, 5.41) is 0. The van der Waals surface area contributed by atoms with Gasteiger partial charge in [0, 0.05) is 41.4 Å². The first-order valence-electron chi connectivity index (χ1n) is 5.67. The zero-order valence-corrected chi connectivity index (χ0v) is 14.5. The van der Waals surface area contributed by atoms with Gasteiger partial charge in [0.25, 0.3) is 15.0 Å². The zero-order chi connectivity index (χ0) is 15.5. The van der Waals surface area contributed by atoms with Crippen LogP contribution < -0.4 is 0 Å². The van der Waals surface area contributed by atoms with E-state index in [9.17, 15) is 13.2 Å². The number of likely N-dealkylation sites (N-methyl/N-ethyl adjacent to an activating group) is 1. The number of methoxy groups -OCH3 is 1. The van der Waals surface area contributed by atoms with Crippen molar-refractivity contribution in [3.05, 3.63) is 27.7 Å². The van der Waals surface area contributed by atoms with E-state index in [1.165, 1.54) is 17.0 Å². The fourth-order valence-electron chi connectivity index (χ4n) is 1.55. The summed E-state index contributed by atoms with van der Waals surface area (Å²) in [7, 11) is 4.60. The van der Waals surface area contributed by atoms with E-state index in [1.54, 1.807) is 21.1 Å². The highest BCUT2D eigenvalue weighted by Gasteiger charge is 2.20. The molecule has 1 amide bonds. The summed E-state index contributed by atoms with van der Waals surface area (Å²) >= 11 is 3.24. The molecule has 0 aliphatic rings. The highest BCUT2D eigenvalue weighted by molar-refractivity contribution is 9.10. The standard InChI is InChI=1S/C12H15BrClNO4S/c1-8-10(12(16)15(2)4-5-19-3)6-9(7-11(8)13)20(14,17)18/h6-7H,4-5H2,1-3H3. The maximum Gasteiger partial charge on any atom is 0.261 e. The fraction of sp³-hybridized carbons (Fsp3) is 0.417. The molecule has 0 aliphatic carbocycles. The number of amides is 1. The van der Waals surface area contributed by atoms with Gasteiger partial charge >= 0.3 is 0 Å². The number of rotatable bonds is 5. The number of carbonyl (C=O) groups excluding carboxylic acids is 1. The lowest BCUT2D eigenvalue weighted by atomic mass is 10.1. The van der Waals surface area contributed by atoms with Gasteiger partial charge in [-0.15, -0.1) is 0 Å². The third-order valence-corrected chi connectivity index (χ3v) is 4.96. The summed E-state index contributed by atoms with van der Waals surface area (Å²) in [5.74, 6) is -0.289. The van der Waals surface area contributed by atoms with Crippen LogP contribution in [0.3, 0.4) is 0 Å². The third kappa shape index (κ3) is 4.18. The molecule has 1 aromatic carbocycles. The molecule has 8 heteroatoms. The van der Waals surface area contributed by atoms with E-state index in [4.69, 9.17) is 15.4 Å². The molecular weight excluding hydrogens is 370 g/mol. The molecule has 0 N–H and O–H groups in total. The lowest BCUT2D eigenvalue weighted by molar-refractivity contribution is 0.0743. The Hall–Kier alpha value is -0.630. The van der Waals surface area contributed by atoms with E-state index in [-0.39, 0.29) is 16.4 Å². The Bertz CT molecular complexity index is 618. The van der Waals surface area contributed by atoms with Gasteiger partial charge in [-0.2, -0.15) is 0 Å². The molecule has 0 spiro atoms. The number of nitrogens with zero attached hydrogens (tertiary/aromatic N) is 1. The van der Waals surface area contributed by atoms with Crippen LogP contribution in [0.4, 0.5) is 0 Å². The summed E-state index contributed by atoms with van der Waals surface area (Å²) in [6, 6.07) is 2.66. The van der Waals surface area contributed by atoms with E-state index in [1.807, 2.05) is 0 Å². The highest BCUT2D eigenvalue weighted by atomic mass is 79.9. The minimum Gasteiger partial charge on any atom is -0.383 e. The first kappa shape index (κ1) is 17.4. The van der Waals surface area contributed by atoms with E-state index in [0.717, 1.165) is 0 Å². The Labute approximate surface area is 131 Å². The zero-order valence-electron chi connectivity index (χ0n) is 11.3. The predicted molar refractivity (Wildman–Crippen MR) is 80.8 cm³/mol. The normalized spacial score (nSPS) is 11.4. The highest BCUT2D eigenvalue weighted by Crippen LogP contribution is 2.27. The number of hydrogen-bond donors (Lipinski definition) is 0. The molecule has 0 fully saturated rings. The van der Waals surface area contributed by atoms with Crippen LogP contribution in [0.25, 0.3) is 0 Å². The molecule has 0 radical (unpaired) electrons. The Morgan fingerprint density at radius 3 is 2.55 bits per heavy atom. The van der Waals surface area contributed by atoms with Crippen molar-refractivity contribution >= 4 is 41.6 Å². The molecule has 0 bridgehead atoms. The lowest BCUT2D eigenvalue weighted by Gasteiger charge is -2.18. The van der Waals surface area contributed by atoms with Gasteiger partial charge in [-0.05, 0) is 24.6 Å². The van der Waals surface area contributed by atoms with Crippen LogP contribution in [0.15, 0.2) is 21.5 Å². The Morgan fingerprint density at radius 2 is 2.05 bits per heavy atom. The van der Waals surface area contributed by atoms with Crippen LogP contribution in [-0.2, 0) is 13.8 Å². The van der Waals surface area contributed by atoms with E-state index in [2.05, 4.69) is 15.9 Å². The van der Waals surface area contributed by atoms with Gasteiger partial charge in [-0.25, -0.2) is 8.42 Å². The third-order valence-electron chi connectivity index (χ3n) is 2.81. The van der Waals surface area contributed by atoms with Gasteiger partial charge in [0.15, 0.2) is 0 Å². The second kappa shape index (κ2) is 6.89. The van der Waals surface area contributed by atoms with Gasteiger partial charge < -0.3 is 9.64 Å². The topological polar surface area (TPSA) is 63.7 Å². The Kier molecular flexibility index (Phi) is 6.00. The van der Waals surface area contributed by atoms with Crippen molar-refractivity contribution in [3.63, 3.8) is 0 Å². The van der Waals surface area contributed by atoms with Crippen LogP contribution in [0, 0.1) is 6.92 Å². The predicted octanol–water partition coefficient (Wildman–Crippen LogP) is 2.40. The number of ether oxygens (including phenoxy) is 1. The quantitative estimate of drug-likeness (QED) is 0.731. The Morgan fingerprint density at radius 1 is 1.45 bits per heavy atom. The van der Waals surface area contributed by atoms with Gasteiger partial charge in [-0.3, -0.25) is 4.79 Å². The molecule has 0 atom stereocenters. The number of halogens is 2. The largest absolute Gasteiger partial charge is 0.383 e. The van der Waals surface area contributed by atoms with Crippen LogP contribution in [0.2, 0.25) is 0 Å². The number of benzene rings is 1. The molecule has 1 aromatic rings.